The molecule has 4 saturated carbocycles. The van der Waals surface area contributed by atoms with Crippen LogP contribution < -0.4 is 9.47 Å². The molecule has 2 nitrogen and oxygen atoms in total. The minimum Gasteiger partial charge on any atom is -0.490 e. The summed E-state index contributed by atoms with van der Waals surface area (Å²) in [5, 5.41) is 0. The minimum absolute atomic E-state index is 0.160. The lowest BCUT2D eigenvalue weighted by atomic mass is 9.71. The lowest BCUT2D eigenvalue weighted by Crippen LogP contribution is -2.30. The number of ether oxygens (including phenoxy) is 2. The van der Waals surface area contributed by atoms with Crippen LogP contribution in [0.5, 0.6) is 11.5 Å². The Kier molecular flexibility index (Phi) is 8.61. The van der Waals surface area contributed by atoms with Crippen LogP contribution in [0.4, 0.5) is 4.39 Å². The van der Waals surface area contributed by atoms with Crippen molar-refractivity contribution in [3.05, 3.63) is 24.0 Å². The number of hydrogen-bond donors (Lipinski definition) is 0. The fourth-order valence-corrected chi connectivity index (χ4v) is 7.89. The first-order chi connectivity index (χ1) is 17.0. The van der Waals surface area contributed by atoms with Crippen LogP contribution in [0.3, 0.4) is 0 Å². The molecule has 0 radical (unpaired) electrons. The number of rotatable bonds is 6. The summed E-state index contributed by atoms with van der Waals surface area (Å²) in [6, 6.07) is 5.27. The van der Waals surface area contributed by atoms with Crippen molar-refractivity contribution in [2.75, 3.05) is 0 Å². The maximum atomic E-state index is 14.9. The van der Waals surface area contributed by atoms with Crippen LogP contribution in [-0.4, -0.2) is 12.2 Å². The highest BCUT2D eigenvalue weighted by atomic mass is 19.1. The van der Waals surface area contributed by atoms with E-state index in [4.69, 9.17) is 9.47 Å². The van der Waals surface area contributed by atoms with Gasteiger partial charge in [0.25, 0.3) is 0 Å². The van der Waals surface area contributed by atoms with Gasteiger partial charge in [-0.05, 0) is 125 Å². The molecule has 4 aliphatic rings. The van der Waals surface area contributed by atoms with Crippen molar-refractivity contribution < 1.29 is 13.9 Å². The van der Waals surface area contributed by atoms with Crippen molar-refractivity contribution in [1.29, 1.82) is 0 Å². The Bertz CT molecular complexity index is 777. The fourth-order valence-electron chi connectivity index (χ4n) is 7.89. The molecule has 0 heterocycles. The smallest absolute Gasteiger partial charge is 0.168 e. The van der Waals surface area contributed by atoms with E-state index in [1.165, 1.54) is 77.0 Å². The Balaban J connectivity index is 1.05. The summed E-state index contributed by atoms with van der Waals surface area (Å²) < 4.78 is 27.3. The van der Waals surface area contributed by atoms with Gasteiger partial charge in [-0.3, -0.25) is 0 Å². The Labute approximate surface area is 213 Å². The van der Waals surface area contributed by atoms with E-state index >= 15 is 0 Å². The van der Waals surface area contributed by atoms with E-state index in [1.54, 1.807) is 12.1 Å². The van der Waals surface area contributed by atoms with Crippen molar-refractivity contribution in [3.8, 4) is 11.5 Å². The average Bonchev–Trinajstić information content (AvgIpc) is 2.88. The first-order valence-corrected chi connectivity index (χ1v) is 15.2. The second-order valence-corrected chi connectivity index (χ2v) is 12.9. The van der Waals surface area contributed by atoms with Gasteiger partial charge in [0.05, 0.1) is 12.2 Å². The molecule has 0 aliphatic heterocycles. The largest absolute Gasteiger partial charge is 0.490 e. The molecule has 0 aromatic heterocycles. The van der Waals surface area contributed by atoms with E-state index in [0.29, 0.717) is 11.5 Å². The van der Waals surface area contributed by atoms with Crippen molar-refractivity contribution in [2.45, 2.75) is 129 Å². The molecule has 0 spiro atoms. The summed E-state index contributed by atoms with van der Waals surface area (Å²) in [5.74, 6) is 6.24. The van der Waals surface area contributed by atoms with E-state index in [2.05, 4.69) is 13.8 Å². The molecule has 0 saturated heterocycles. The van der Waals surface area contributed by atoms with Crippen LogP contribution in [0, 0.1) is 41.3 Å². The van der Waals surface area contributed by atoms with Gasteiger partial charge in [0.2, 0.25) is 0 Å². The molecule has 0 N–H and O–H groups in total. The maximum absolute atomic E-state index is 14.9. The molecule has 35 heavy (non-hydrogen) atoms. The Morgan fingerprint density at radius 3 is 1.37 bits per heavy atom. The zero-order chi connectivity index (χ0) is 24.2. The minimum atomic E-state index is -0.268. The van der Waals surface area contributed by atoms with E-state index in [9.17, 15) is 4.39 Å². The predicted molar refractivity (Wildman–Crippen MR) is 141 cm³/mol. The summed E-state index contributed by atoms with van der Waals surface area (Å²) in [7, 11) is 0. The van der Waals surface area contributed by atoms with Crippen LogP contribution in [-0.2, 0) is 0 Å². The normalized spacial score (nSPS) is 38.6. The number of hydrogen-bond acceptors (Lipinski definition) is 2. The van der Waals surface area contributed by atoms with Crippen LogP contribution in [0.2, 0.25) is 0 Å². The van der Waals surface area contributed by atoms with Gasteiger partial charge in [-0.25, -0.2) is 4.39 Å². The van der Waals surface area contributed by atoms with Gasteiger partial charge in [0.15, 0.2) is 11.6 Å². The SMILES string of the molecule is CC1CCC(C2CCC(Oc3ccc(OC4CCC(C5CCC(C)CC5)CC4)c(F)c3)CC2)CC1. The van der Waals surface area contributed by atoms with Crippen LogP contribution in [0.15, 0.2) is 18.2 Å². The predicted octanol–water partition coefficient (Wildman–Crippen LogP) is 9.35. The zero-order valence-corrected chi connectivity index (χ0v) is 22.4. The Morgan fingerprint density at radius 2 is 0.943 bits per heavy atom. The van der Waals surface area contributed by atoms with Gasteiger partial charge < -0.3 is 9.47 Å². The molecule has 0 bridgehead atoms. The summed E-state index contributed by atoms with van der Waals surface area (Å²) >= 11 is 0. The van der Waals surface area contributed by atoms with E-state index < -0.39 is 0 Å². The standard InChI is InChI=1S/C32H49FO2/c1-22-3-7-24(8-4-22)26-11-15-28(16-12-26)34-30-19-20-32(31(33)21-30)35-29-17-13-27(14-18-29)25-9-5-23(2)6-10-25/h19-29H,3-18H2,1-2H3. The van der Waals surface area contributed by atoms with Gasteiger partial charge in [-0.1, -0.05) is 39.5 Å². The number of benzene rings is 1. The third-order valence-corrected chi connectivity index (χ3v) is 10.4. The molecule has 1 aromatic rings. The molecule has 1 aromatic carbocycles. The van der Waals surface area contributed by atoms with Gasteiger partial charge in [0.1, 0.15) is 5.75 Å². The van der Waals surface area contributed by atoms with Crippen molar-refractivity contribution in [1.82, 2.24) is 0 Å². The molecule has 3 heteroatoms. The van der Waals surface area contributed by atoms with Gasteiger partial charge in [0, 0.05) is 6.07 Å². The second kappa shape index (κ2) is 11.9. The molecule has 4 fully saturated rings. The summed E-state index contributed by atoms with van der Waals surface area (Å²) in [5.41, 5.74) is 0. The van der Waals surface area contributed by atoms with Crippen molar-refractivity contribution in [2.24, 2.45) is 35.5 Å². The molecular formula is C32H49FO2. The first kappa shape index (κ1) is 25.4. The third kappa shape index (κ3) is 6.75. The second-order valence-electron chi connectivity index (χ2n) is 12.9. The molecular weight excluding hydrogens is 435 g/mol. The Morgan fingerprint density at radius 1 is 0.543 bits per heavy atom. The Hall–Kier alpha value is -1.25. The van der Waals surface area contributed by atoms with E-state index in [-0.39, 0.29) is 18.0 Å². The van der Waals surface area contributed by atoms with E-state index in [0.717, 1.165) is 61.2 Å². The summed E-state index contributed by atoms with van der Waals surface area (Å²) in [6.07, 6.45) is 21.1. The van der Waals surface area contributed by atoms with Crippen LogP contribution >= 0.6 is 0 Å². The monoisotopic (exact) mass is 484 g/mol. The topological polar surface area (TPSA) is 18.5 Å². The van der Waals surface area contributed by atoms with Crippen molar-refractivity contribution in [3.63, 3.8) is 0 Å². The van der Waals surface area contributed by atoms with Crippen LogP contribution in [0.25, 0.3) is 0 Å². The molecule has 0 unspecified atom stereocenters. The highest BCUT2D eigenvalue weighted by Gasteiger charge is 2.32. The molecule has 5 rings (SSSR count). The zero-order valence-electron chi connectivity index (χ0n) is 22.4. The van der Waals surface area contributed by atoms with Crippen molar-refractivity contribution >= 4 is 0 Å². The van der Waals surface area contributed by atoms with Gasteiger partial charge >= 0.3 is 0 Å². The first-order valence-electron chi connectivity index (χ1n) is 15.2. The summed E-state index contributed by atoms with van der Waals surface area (Å²) in [6.45, 7) is 4.80. The lowest BCUT2D eigenvalue weighted by Gasteiger charge is -2.37. The molecule has 0 atom stereocenters. The quantitative estimate of drug-likeness (QED) is 0.400. The highest BCUT2D eigenvalue weighted by molar-refractivity contribution is 5.33. The molecule has 4 aliphatic carbocycles. The molecule has 0 amide bonds. The summed E-state index contributed by atoms with van der Waals surface area (Å²) in [4.78, 5) is 0. The lowest BCUT2D eigenvalue weighted by molar-refractivity contribution is 0.0886. The van der Waals surface area contributed by atoms with Gasteiger partial charge in [-0.2, -0.15) is 0 Å². The maximum Gasteiger partial charge on any atom is 0.168 e. The fraction of sp³-hybridized carbons (Fsp3) is 0.812. The molecule has 196 valence electrons. The number of halogens is 1. The average molecular weight is 485 g/mol. The third-order valence-electron chi connectivity index (χ3n) is 10.4. The highest BCUT2D eigenvalue weighted by Crippen LogP contribution is 2.42. The van der Waals surface area contributed by atoms with Crippen LogP contribution in [0.1, 0.15) is 117 Å². The van der Waals surface area contributed by atoms with Gasteiger partial charge in [-0.15, -0.1) is 0 Å². The van der Waals surface area contributed by atoms with E-state index in [1.807, 2.05) is 6.07 Å².